The molecule has 120 valence electrons. The summed E-state index contributed by atoms with van der Waals surface area (Å²) < 4.78 is 0. The fraction of sp³-hybridized carbons (Fsp3) is 0.333. The summed E-state index contributed by atoms with van der Waals surface area (Å²) in [5.74, 6) is 0. The van der Waals surface area contributed by atoms with Crippen LogP contribution in [0.3, 0.4) is 0 Å². The van der Waals surface area contributed by atoms with Crippen molar-refractivity contribution in [2.75, 3.05) is 24.7 Å². The molecule has 2 rings (SSSR count). The number of nitrogen functional groups attached to an aromatic ring is 2. The highest BCUT2D eigenvalue weighted by Crippen LogP contribution is 2.11. The molecular weight excluding hydrogens is 276 g/mol. The first-order valence-corrected chi connectivity index (χ1v) is 7.57. The molecule has 4 heteroatoms. The first-order chi connectivity index (χ1) is 10.7. The normalized spacial score (nSPS) is 9.91. The summed E-state index contributed by atoms with van der Waals surface area (Å²) in [7, 11) is 0. The van der Waals surface area contributed by atoms with Crippen molar-refractivity contribution in [3.8, 4) is 0 Å². The van der Waals surface area contributed by atoms with Gasteiger partial charge in [0.05, 0.1) is 0 Å². The Bertz CT molecular complexity index is 527. The van der Waals surface area contributed by atoms with Crippen molar-refractivity contribution in [2.45, 2.75) is 25.7 Å². The third kappa shape index (κ3) is 7.11. The molecule has 0 amide bonds. The molecule has 0 aliphatic rings. The highest BCUT2D eigenvalue weighted by Gasteiger charge is 1.95. The van der Waals surface area contributed by atoms with Gasteiger partial charge in [-0.05, 0) is 55.0 Å². The largest absolute Gasteiger partial charge is 0.399 e. The number of hydrogen-bond acceptors (Lipinski definition) is 4. The van der Waals surface area contributed by atoms with Crippen LogP contribution in [0.5, 0.6) is 0 Å². The van der Waals surface area contributed by atoms with Gasteiger partial charge in [0.1, 0.15) is 0 Å². The minimum absolute atomic E-state index is 0.230. The summed E-state index contributed by atoms with van der Waals surface area (Å²) >= 11 is 0. The van der Waals surface area contributed by atoms with Crippen LogP contribution in [0.25, 0.3) is 0 Å². The van der Waals surface area contributed by atoms with Gasteiger partial charge < -0.3 is 21.7 Å². The predicted molar refractivity (Wildman–Crippen MR) is 92.5 cm³/mol. The lowest BCUT2D eigenvalue weighted by Gasteiger charge is -2.02. The lowest BCUT2D eigenvalue weighted by molar-refractivity contribution is 0.288. The number of nitrogens with two attached hydrogens (primary N) is 2. The molecule has 0 aliphatic heterocycles. The number of aryl methyl sites for hydroxylation is 2. The third-order valence-corrected chi connectivity index (χ3v) is 3.26. The number of benzene rings is 2. The fourth-order valence-corrected chi connectivity index (χ4v) is 2.00. The quantitative estimate of drug-likeness (QED) is 0.616. The van der Waals surface area contributed by atoms with Gasteiger partial charge in [-0.3, -0.25) is 0 Å². The third-order valence-electron chi connectivity index (χ3n) is 3.26. The lowest BCUT2D eigenvalue weighted by Crippen LogP contribution is -1.95. The maximum Gasteiger partial charge on any atom is 0.0434 e. The van der Waals surface area contributed by atoms with Crippen molar-refractivity contribution in [3.63, 3.8) is 0 Å². The van der Waals surface area contributed by atoms with E-state index in [9.17, 15) is 0 Å². The van der Waals surface area contributed by atoms with E-state index < -0.39 is 0 Å². The van der Waals surface area contributed by atoms with Crippen molar-refractivity contribution >= 4 is 11.4 Å². The van der Waals surface area contributed by atoms with Crippen molar-refractivity contribution in [1.29, 1.82) is 0 Å². The maximum atomic E-state index is 8.58. The first kappa shape index (κ1) is 18.0. The van der Waals surface area contributed by atoms with E-state index in [4.69, 9.17) is 21.7 Å². The molecule has 0 aliphatic carbocycles. The van der Waals surface area contributed by atoms with Crippen LogP contribution in [0.4, 0.5) is 11.4 Å². The second-order valence-electron chi connectivity index (χ2n) is 5.09. The van der Waals surface area contributed by atoms with Crippen LogP contribution in [0.1, 0.15) is 24.0 Å². The lowest BCUT2D eigenvalue weighted by atomic mass is 10.1. The maximum absolute atomic E-state index is 8.58. The molecular formula is C18H26N2O2. The van der Waals surface area contributed by atoms with E-state index in [0.717, 1.165) is 42.6 Å². The van der Waals surface area contributed by atoms with E-state index in [1.807, 2.05) is 48.5 Å². The fourth-order valence-electron chi connectivity index (χ4n) is 2.00. The van der Waals surface area contributed by atoms with Crippen LogP contribution in [-0.4, -0.2) is 23.4 Å². The Morgan fingerprint density at radius 3 is 1.91 bits per heavy atom. The number of anilines is 2. The summed E-state index contributed by atoms with van der Waals surface area (Å²) in [5, 5.41) is 17.1. The van der Waals surface area contributed by atoms with E-state index in [0.29, 0.717) is 0 Å². The number of aliphatic hydroxyl groups excluding tert-OH is 2. The van der Waals surface area contributed by atoms with Gasteiger partial charge in [0.15, 0.2) is 0 Å². The molecule has 22 heavy (non-hydrogen) atoms. The summed E-state index contributed by atoms with van der Waals surface area (Å²) in [6, 6.07) is 15.5. The number of rotatable bonds is 6. The van der Waals surface area contributed by atoms with Gasteiger partial charge in [-0.2, -0.15) is 0 Å². The zero-order valence-corrected chi connectivity index (χ0v) is 12.9. The number of para-hydroxylation sites is 1. The zero-order chi connectivity index (χ0) is 16.2. The Labute approximate surface area is 132 Å². The van der Waals surface area contributed by atoms with E-state index in [2.05, 4.69) is 0 Å². The van der Waals surface area contributed by atoms with Crippen LogP contribution >= 0.6 is 0 Å². The van der Waals surface area contributed by atoms with Gasteiger partial charge >= 0.3 is 0 Å². The summed E-state index contributed by atoms with van der Waals surface area (Å²) in [6.45, 7) is 0.485. The summed E-state index contributed by atoms with van der Waals surface area (Å²) in [5.41, 5.74) is 15.2. The van der Waals surface area contributed by atoms with Crippen molar-refractivity contribution in [1.82, 2.24) is 0 Å². The molecule has 0 spiro atoms. The van der Waals surface area contributed by atoms with Crippen LogP contribution in [-0.2, 0) is 12.8 Å². The highest BCUT2D eigenvalue weighted by atomic mass is 16.3. The molecule has 0 aromatic heterocycles. The van der Waals surface area contributed by atoms with Crippen LogP contribution in [0, 0.1) is 0 Å². The molecule has 0 unspecified atom stereocenters. The zero-order valence-electron chi connectivity index (χ0n) is 12.9. The van der Waals surface area contributed by atoms with Gasteiger partial charge in [-0.1, -0.05) is 30.3 Å². The van der Waals surface area contributed by atoms with E-state index >= 15 is 0 Å². The Balaban J connectivity index is 0.000000220. The molecule has 0 radical (unpaired) electrons. The molecule has 0 fully saturated rings. The number of aliphatic hydroxyl groups is 2. The van der Waals surface area contributed by atoms with E-state index in [1.54, 1.807) is 0 Å². The minimum atomic E-state index is 0.230. The minimum Gasteiger partial charge on any atom is -0.399 e. The predicted octanol–water partition coefficient (Wildman–Crippen LogP) is 2.39. The second-order valence-corrected chi connectivity index (χ2v) is 5.09. The van der Waals surface area contributed by atoms with Crippen LogP contribution < -0.4 is 11.5 Å². The standard InChI is InChI=1S/2C9H13NO/c10-9-5-3-8(4-6-9)2-1-7-11;10-9-6-2-1-4-8(9)5-3-7-11/h3-6,11H,1-2,7,10H2;1-2,4,6,11H,3,5,7,10H2. The molecule has 4 nitrogen and oxygen atoms in total. The smallest absolute Gasteiger partial charge is 0.0434 e. The van der Waals surface area contributed by atoms with Crippen molar-refractivity contribution in [2.24, 2.45) is 0 Å². The molecule has 0 atom stereocenters. The average molecular weight is 302 g/mol. The molecule has 0 saturated heterocycles. The molecule has 2 aromatic rings. The van der Waals surface area contributed by atoms with Crippen LogP contribution in [0.15, 0.2) is 48.5 Å². The van der Waals surface area contributed by atoms with Gasteiger partial charge in [0, 0.05) is 24.6 Å². The molecule has 0 saturated carbocycles. The number of hydrogen-bond donors (Lipinski definition) is 4. The molecule has 2 aromatic carbocycles. The van der Waals surface area contributed by atoms with Gasteiger partial charge in [-0.15, -0.1) is 0 Å². The molecule has 0 heterocycles. The summed E-state index contributed by atoms with van der Waals surface area (Å²) in [4.78, 5) is 0. The van der Waals surface area contributed by atoms with Gasteiger partial charge in [0.2, 0.25) is 0 Å². The van der Waals surface area contributed by atoms with Crippen LogP contribution in [0.2, 0.25) is 0 Å². The van der Waals surface area contributed by atoms with Crippen molar-refractivity contribution in [3.05, 3.63) is 59.7 Å². The van der Waals surface area contributed by atoms with Gasteiger partial charge in [-0.25, -0.2) is 0 Å². The second kappa shape index (κ2) is 10.7. The Hall–Kier alpha value is -2.04. The Morgan fingerprint density at radius 2 is 1.32 bits per heavy atom. The van der Waals surface area contributed by atoms with Crippen molar-refractivity contribution < 1.29 is 10.2 Å². The molecule has 6 N–H and O–H groups in total. The monoisotopic (exact) mass is 302 g/mol. The summed E-state index contributed by atoms with van der Waals surface area (Å²) in [6.07, 6.45) is 3.40. The Kier molecular flexibility index (Phi) is 8.72. The first-order valence-electron chi connectivity index (χ1n) is 7.57. The molecule has 0 bridgehead atoms. The Morgan fingerprint density at radius 1 is 0.727 bits per heavy atom. The van der Waals surface area contributed by atoms with E-state index in [1.165, 1.54) is 5.56 Å². The van der Waals surface area contributed by atoms with E-state index in [-0.39, 0.29) is 13.2 Å². The topological polar surface area (TPSA) is 92.5 Å². The average Bonchev–Trinajstić information content (AvgIpc) is 2.54. The highest BCUT2D eigenvalue weighted by molar-refractivity contribution is 5.46. The SMILES string of the molecule is Nc1ccc(CCCO)cc1.Nc1ccccc1CCCO. The van der Waals surface area contributed by atoms with Gasteiger partial charge in [0.25, 0.3) is 0 Å².